The molecule has 0 radical (unpaired) electrons. The SMILES string of the molecule is O=C(OCC(O)COC1OC(C(=O)O)C(O)C(O)C1O)c1ccccc1. The summed E-state index contributed by atoms with van der Waals surface area (Å²) in [4.78, 5) is 22.7. The van der Waals surface area contributed by atoms with Crippen LogP contribution in [0.5, 0.6) is 0 Å². The molecule has 26 heavy (non-hydrogen) atoms. The molecule has 144 valence electrons. The van der Waals surface area contributed by atoms with Gasteiger partial charge in [0.15, 0.2) is 12.4 Å². The van der Waals surface area contributed by atoms with Crippen LogP contribution in [-0.2, 0) is 19.0 Å². The highest BCUT2D eigenvalue weighted by Gasteiger charge is 2.47. The molecule has 0 aliphatic carbocycles. The minimum Gasteiger partial charge on any atom is -0.479 e. The fourth-order valence-corrected chi connectivity index (χ4v) is 2.27. The van der Waals surface area contributed by atoms with E-state index >= 15 is 0 Å². The molecule has 0 amide bonds. The monoisotopic (exact) mass is 372 g/mol. The van der Waals surface area contributed by atoms with Crippen molar-refractivity contribution in [3.63, 3.8) is 0 Å². The summed E-state index contributed by atoms with van der Waals surface area (Å²) >= 11 is 0. The zero-order chi connectivity index (χ0) is 19.3. The van der Waals surface area contributed by atoms with E-state index < -0.39 is 62.0 Å². The third kappa shape index (κ3) is 4.97. The number of carboxylic acid groups (broad SMARTS) is 1. The Morgan fingerprint density at radius 2 is 1.69 bits per heavy atom. The maximum atomic E-state index is 11.7. The normalized spacial score (nSPS) is 29.8. The van der Waals surface area contributed by atoms with Crippen LogP contribution < -0.4 is 0 Å². The van der Waals surface area contributed by atoms with Crippen molar-refractivity contribution in [2.24, 2.45) is 0 Å². The van der Waals surface area contributed by atoms with Crippen LogP contribution in [0, 0.1) is 0 Å². The van der Waals surface area contributed by atoms with Crippen LogP contribution in [0.3, 0.4) is 0 Å². The maximum absolute atomic E-state index is 11.7. The molecular weight excluding hydrogens is 352 g/mol. The molecule has 6 unspecified atom stereocenters. The number of esters is 1. The van der Waals surface area contributed by atoms with Gasteiger partial charge in [0.2, 0.25) is 0 Å². The van der Waals surface area contributed by atoms with Gasteiger partial charge in [-0.2, -0.15) is 0 Å². The van der Waals surface area contributed by atoms with Crippen molar-refractivity contribution in [1.29, 1.82) is 0 Å². The summed E-state index contributed by atoms with van der Waals surface area (Å²) in [6.07, 6.45) is -10.0. The first-order chi connectivity index (χ1) is 12.3. The van der Waals surface area contributed by atoms with Crippen molar-refractivity contribution in [3.05, 3.63) is 35.9 Å². The predicted octanol–water partition coefficient (Wildman–Crippen LogP) is -1.89. The van der Waals surface area contributed by atoms with E-state index in [9.17, 15) is 30.0 Å². The third-order valence-electron chi connectivity index (χ3n) is 3.68. The van der Waals surface area contributed by atoms with Gasteiger partial charge >= 0.3 is 11.9 Å². The molecule has 1 fully saturated rings. The van der Waals surface area contributed by atoms with Crippen LogP contribution in [0.25, 0.3) is 0 Å². The Kier molecular flexibility index (Phi) is 7.03. The highest BCUT2D eigenvalue weighted by Crippen LogP contribution is 2.22. The van der Waals surface area contributed by atoms with Crippen LogP contribution in [0.4, 0.5) is 0 Å². The van der Waals surface area contributed by atoms with Crippen molar-refractivity contribution in [2.45, 2.75) is 36.8 Å². The van der Waals surface area contributed by atoms with E-state index in [1.165, 1.54) is 12.1 Å². The molecule has 1 aliphatic rings. The largest absolute Gasteiger partial charge is 0.479 e. The molecule has 10 heteroatoms. The number of rotatable bonds is 7. The Labute approximate surface area is 148 Å². The minimum absolute atomic E-state index is 0.299. The lowest BCUT2D eigenvalue weighted by Gasteiger charge is -2.38. The fraction of sp³-hybridized carbons (Fsp3) is 0.500. The van der Waals surface area contributed by atoms with E-state index in [1.807, 2.05) is 0 Å². The van der Waals surface area contributed by atoms with Crippen LogP contribution in [0.15, 0.2) is 30.3 Å². The number of ether oxygens (including phenoxy) is 3. The second-order valence-corrected chi connectivity index (χ2v) is 5.69. The first kappa shape index (κ1) is 20.2. The van der Waals surface area contributed by atoms with Gasteiger partial charge in [0, 0.05) is 0 Å². The van der Waals surface area contributed by atoms with Gasteiger partial charge in [0.05, 0.1) is 12.2 Å². The van der Waals surface area contributed by atoms with E-state index in [0.717, 1.165) is 0 Å². The maximum Gasteiger partial charge on any atom is 0.338 e. The van der Waals surface area contributed by atoms with Gasteiger partial charge in [-0.25, -0.2) is 9.59 Å². The van der Waals surface area contributed by atoms with Crippen LogP contribution >= 0.6 is 0 Å². The molecular formula is C16H20O10. The first-order valence-corrected chi connectivity index (χ1v) is 7.75. The van der Waals surface area contributed by atoms with Gasteiger partial charge in [-0.15, -0.1) is 0 Å². The van der Waals surface area contributed by atoms with Gasteiger partial charge in [0.1, 0.15) is 31.0 Å². The predicted molar refractivity (Wildman–Crippen MR) is 83.0 cm³/mol. The van der Waals surface area contributed by atoms with Crippen LogP contribution in [0.2, 0.25) is 0 Å². The van der Waals surface area contributed by atoms with Gasteiger partial charge < -0.3 is 39.7 Å². The Morgan fingerprint density at radius 3 is 2.31 bits per heavy atom. The lowest BCUT2D eigenvalue weighted by Crippen LogP contribution is -2.60. The summed E-state index contributed by atoms with van der Waals surface area (Å²) < 4.78 is 14.8. The van der Waals surface area contributed by atoms with Crippen LogP contribution in [-0.4, -0.2) is 87.5 Å². The topological polar surface area (TPSA) is 163 Å². The number of carbonyl (C=O) groups excluding carboxylic acids is 1. The van der Waals surface area contributed by atoms with Crippen molar-refractivity contribution in [2.75, 3.05) is 13.2 Å². The van der Waals surface area contributed by atoms with E-state index in [1.54, 1.807) is 18.2 Å². The number of hydrogen-bond donors (Lipinski definition) is 5. The average Bonchev–Trinajstić information content (AvgIpc) is 2.64. The number of carbonyl (C=O) groups is 2. The number of benzene rings is 1. The molecule has 6 atom stereocenters. The van der Waals surface area contributed by atoms with Crippen molar-refractivity contribution in [3.8, 4) is 0 Å². The molecule has 2 rings (SSSR count). The second kappa shape index (κ2) is 9.03. The summed E-state index contributed by atoms with van der Waals surface area (Å²) in [5.41, 5.74) is 0.299. The number of carboxylic acids is 1. The van der Waals surface area contributed by atoms with E-state index in [0.29, 0.717) is 5.56 Å². The smallest absolute Gasteiger partial charge is 0.338 e. The summed E-state index contributed by atoms with van der Waals surface area (Å²) in [6.45, 7) is -0.886. The van der Waals surface area contributed by atoms with Gasteiger partial charge in [-0.1, -0.05) is 18.2 Å². The summed E-state index contributed by atoms with van der Waals surface area (Å²) in [7, 11) is 0. The van der Waals surface area contributed by atoms with Crippen LogP contribution in [0.1, 0.15) is 10.4 Å². The highest BCUT2D eigenvalue weighted by molar-refractivity contribution is 5.89. The van der Waals surface area contributed by atoms with Gasteiger partial charge in [-0.3, -0.25) is 0 Å². The van der Waals surface area contributed by atoms with E-state index in [2.05, 4.69) is 0 Å². The summed E-state index contributed by atoms with van der Waals surface area (Å²) in [5.74, 6) is -2.20. The number of aliphatic hydroxyl groups is 4. The minimum atomic E-state index is -1.83. The first-order valence-electron chi connectivity index (χ1n) is 7.75. The molecule has 1 heterocycles. The average molecular weight is 372 g/mol. The van der Waals surface area contributed by atoms with Gasteiger partial charge in [0.25, 0.3) is 0 Å². The van der Waals surface area contributed by atoms with Crippen molar-refractivity contribution >= 4 is 11.9 Å². The summed E-state index contributed by atoms with van der Waals surface area (Å²) in [5, 5.41) is 47.7. The molecule has 0 bridgehead atoms. The standard InChI is InChI=1S/C16H20O10/c17-9(6-24-15(23)8-4-2-1-3-5-8)7-25-16-12(20)10(18)11(19)13(26-16)14(21)22/h1-5,9-13,16-20H,6-7H2,(H,21,22). The number of hydrogen-bond acceptors (Lipinski definition) is 9. The number of aliphatic carboxylic acids is 1. The molecule has 1 saturated heterocycles. The third-order valence-corrected chi connectivity index (χ3v) is 3.68. The Hall–Kier alpha value is -2.08. The zero-order valence-corrected chi connectivity index (χ0v) is 13.5. The highest BCUT2D eigenvalue weighted by atomic mass is 16.7. The second-order valence-electron chi connectivity index (χ2n) is 5.69. The lowest BCUT2D eigenvalue weighted by molar-refractivity contribution is -0.297. The van der Waals surface area contributed by atoms with E-state index in [4.69, 9.17) is 19.3 Å². The molecule has 1 aliphatic heterocycles. The Morgan fingerprint density at radius 1 is 1.04 bits per heavy atom. The Bertz CT molecular complexity index is 606. The lowest BCUT2D eigenvalue weighted by atomic mass is 9.99. The van der Waals surface area contributed by atoms with E-state index in [-0.39, 0.29) is 0 Å². The summed E-state index contributed by atoms with van der Waals surface area (Å²) in [6, 6.07) is 8.10. The molecule has 10 nitrogen and oxygen atoms in total. The molecule has 1 aromatic rings. The molecule has 5 N–H and O–H groups in total. The molecule has 0 aromatic heterocycles. The quantitative estimate of drug-likeness (QED) is 0.342. The Balaban J connectivity index is 1.81. The van der Waals surface area contributed by atoms with Gasteiger partial charge in [-0.05, 0) is 12.1 Å². The number of aliphatic hydroxyl groups excluding tert-OH is 4. The molecule has 0 spiro atoms. The molecule has 1 aromatic carbocycles. The van der Waals surface area contributed by atoms with Crippen molar-refractivity contribution < 1.29 is 49.3 Å². The molecule has 0 saturated carbocycles. The zero-order valence-electron chi connectivity index (χ0n) is 13.5. The van der Waals surface area contributed by atoms with Crippen molar-refractivity contribution in [1.82, 2.24) is 0 Å². The fourth-order valence-electron chi connectivity index (χ4n) is 2.27.